The lowest BCUT2D eigenvalue weighted by atomic mass is 9.87. The monoisotopic (exact) mass is 294 g/mol. The smallest absolute Gasteiger partial charge is 0.0536 e. The Balaban J connectivity index is 2.15. The third-order valence-electron chi connectivity index (χ3n) is 8.20. The zero-order valence-corrected chi connectivity index (χ0v) is 16.2. The van der Waals surface area contributed by atoms with Crippen LogP contribution in [-0.2, 0) is 0 Å². The van der Waals surface area contributed by atoms with Crippen molar-refractivity contribution in [1.82, 2.24) is 0 Å². The van der Waals surface area contributed by atoms with Crippen molar-refractivity contribution in [2.24, 2.45) is 35.5 Å². The molecule has 0 nitrogen and oxygen atoms in total. The van der Waals surface area contributed by atoms with Crippen LogP contribution in [0.15, 0.2) is 0 Å². The molecular weight excluding hydrogens is 256 g/mol. The van der Waals surface area contributed by atoms with Gasteiger partial charge in [0, 0.05) is 0 Å². The SMILES string of the molecule is CC1CCC([Si](C)(C)C(C)C2C(C)C(C)C(C)C2C)C1. The van der Waals surface area contributed by atoms with E-state index in [2.05, 4.69) is 54.6 Å². The lowest BCUT2D eigenvalue weighted by molar-refractivity contribution is 0.303. The summed E-state index contributed by atoms with van der Waals surface area (Å²) in [5.74, 6) is 5.68. The maximum atomic E-state index is 2.72. The van der Waals surface area contributed by atoms with Crippen molar-refractivity contribution in [2.75, 3.05) is 0 Å². The Bertz CT molecular complexity index is 321. The van der Waals surface area contributed by atoms with Crippen LogP contribution in [-0.4, -0.2) is 8.07 Å². The van der Waals surface area contributed by atoms with E-state index in [1.165, 1.54) is 19.3 Å². The summed E-state index contributed by atoms with van der Waals surface area (Å²) >= 11 is 0. The van der Waals surface area contributed by atoms with Gasteiger partial charge in [-0.3, -0.25) is 0 Å². The summed E-state index contributed by atoms with van der Waals surface area (Å²) in [4.78, 5) is 0. The summed E-state index contributed by atoms with van der Waals surface area (Å²) in [6.45, 7) is 20.6. The predicted octanol–water partition coefficient (Wildman–Crippen LogP) is 6.45. The van der Waals surface area contributed by atoms with Gasteiger partial charge in [-0.2, -0.15) is 0 Å². The van der Waals surface area contributed by atoms with Gasteiger partial charge >= 0.3 is 0 Å². The van der Waals surface area contributed by atoms with Crippen LogP contribution in [0.5, 0.6) is 0 Å². The topological polar surface area (TPSA) is 0 Å². The van der Waals surface area contributed by atoms with Gasteiger partial charge in [0.15, 0.2) is 0 Å². The third kappa shape index (κ3) is 2.64. The first-order chi connectivity index (χ1) is 9.17. The Kier molecular flexibility index (Phi) is 4.79. The second-order valence-electron chi connectivity index (χ2n) is 9.24. The molecule has 2 rings (SSSR count). The van der Waals surface area contributed by atoms with E-state index in [9.17, 15) is 0 Å². The average molecular weight is 295 g/mol. The summed E-state index contributed by atoms with van der Waals surface area (Å²) in [6.07, 6.45) is 4.56. The standard InChI is InChI=1S/C19H38Si/c1-12-9-10-18(11-12)20(7,8)17(6)19-15(4)13(2)14(3)16(19)5/h12-19H,9-11H2,1-8H3. The molecule has 7 atom stereocenters. The average Bonchev–Trinajstić information content (AvgIpc) is 2.90. The Morgan fingerprint density at radius 2 is 1.30 bits per heavy atom. The summed E-state index contributed by atoms with van der Waals surface area (Å²) < 4.78 is 0. The Labute approximate surface area is 129 Å². The van der Waals surface area contributed by atoms with Crippen LogP contribution in [0.4, 0.5) is 0 Å². The summed E-state index contributed by atoms with van der Waals surface area (Å²) in [5.41, 5.74) is 2.09. The Morgan fingerprint density at radius 3 is 1.70 bits per heavy atom. The van der Waals surface area contributed by atoms with Gasteiger partial charge in [0.1, 0.15) is 0 Å². The zero-order valence-electron chi connectivity index (χ0n) is 15.2. The van der Waals surface area contributed by atoms with E-state index >= 15 is 0 Å². The lowest BCUT2D eigenvalue weighted by Gasteiger charge is -2.42. The largest absolute Gasteiger partial charge is 0.0689 e. The molecule has 0 saturated heterocycles. The molecule has 2 fully saturated rings. The minimum atomic E-state index is -1.12. The summed E-state index contributed by atoms with van der Waals surface area (Å²) in [5, 5.41) is 0. The first-order valence-corrected chi connectivity index (χ1v) is 12.3. The quantitative estimate of drug-likeness (QED) is 0.525. The van der Waals surface area contributed by atoms with Gasteiger partial charge in [-0.25, -0.2) is 0 Å². The van der Waals surface area contributed by atoms with Gasteiger partial charge in [-0.05, 0) is 46.6 Å². The van der Waals surface area contributed by atoms with Crippen molar-refractivity contribution >= 4 is 8.07 Å². The van der Waals surface area contributed by atoms with Crippen molar-refractivity contribution < 1.29 is 0 Å². The molecule has 20 heavy (non-hydrogen) atoms. The minimum Gasteiger partial charge on any atom is -0.0689 e. The van der Waals surface area contributed by atoms with Crippen LogP contribution >= 0.6 is 0 Å². The van der Waals surface area contributed by atoms with Crippen LogP contribution in [0.3, 0.4) is 0 Å². The van der Waals surface area contributed by atoms with E-state index in [0.29, 0.717) is 0 Å². The van der Waals surface area contributed by atoms with E-state index in [4.69, 9.17) is 0 Å². The van der Waals surface area contributed by atoms with E-state index < -0.39 is 8.07 Å². The van der Waals surface area contributed by atoms with Gasteiger partial charge in [0.05, 0.1) is 8.07 Å². The van der Waals surface area contributed by atoms with Crippen molar-refractivity contribution in [2.45, 2.75) is 85.0 Å². The van der Waals surface area contributed by atoms with Crippen molar-refractivity contribution in [3.05, 3.63) is 0 Å². The fraction of sp³-hybridized carbons (Fsp3) is 1.00. The number of rotatable bonds is 3. The van der Waals surface area contributed by atoms with E-state index in [-0.39, 0.29) is 0 Å². The fourth-order valence-electron chi connectivity index (χ4n) is 5.80. The molecule has 0 aromatic rings. The van der Waals surface area contributed by atoms with E-state index in [1.807, 2.05) is 0 Å². The molecule has 0 aromatic heterocycles. The van der Waals surface area contributed by atoms with Crippen LogP contribution < -0.4 is 0 Å². The molecule has 0 amide bonds. The number of hydrogen-bond donors (Lipinski definition) is 0. The molecule has 118 valence electrons. The number of hydrogen-bond acceptors (Lipinski definition) is 0. The molecule has 0 aromatic carbocycles. The highest BCUT2D eigenvalue weighted by molar-refractivity contribution is 6.80. The molecule has 0 N–H and O–H groups in total. The maximum absolute atomic E-state index is 2.72. The van der Waals surface area contributed by atoms with Gasteiger partial charge in [-0.15, -0.1) is 0 Å². The highest BCUT2D eigenvalue weighted by Gasteiger charge is 2.50. The molecular formula is C19H38Si. The molecule has 7 unspecified atom stereocenters. The second-order valence-corrected chi connectivity index (χ2v) is 14.6. The highest BCUT2D eigenvalue weighted by Crippen LogP contribution is 2.56. The third-order valence-corrected chi connectivity index (χ3v) is 13.6. The first kappa shape index (κ1) is 16.6. The lowest BCUT2D eigenvalue weighted by Crippen LogP contribution is -2.41. The molecule has 2 aliphatic carbocycles. The van der Waals surface area contributed by atoms with Crippen molar-refractivity contribution in [1.29, 1.82) is 0 Å². The fourth-order valence-corrected chi connectivity index (χ4v) is 10.1. The van der Waals surface area contributed by atoms with Crippen LogP contribution in [0, 0.1) is 35.5 Å². The maximum Gasteiger partial charge on any atom is 0.0536 e. The molecule has 2 aliphatic rings. The molecule has 2 saturated carbocycles. The molecule has 0 aliphatic heterocycles. The van der Waals surface area contributed by atoms with Crippen molar-refractivity contribution in [3.8, 4) is 0 Å². The zero-order chi connectivity index (χ0) is 15.2. The first-order valence-electron chi connectivity index (χ1n) is 9.17. The van der Waals surface area contributed by atoms with Crippen LogP contribution in [0.25, 0.3) is 0 Å². The van der Waals surface area contributed by atoms with Gasteiger partial charge in [0.25, 0.3) is 0 Å². The summed E-state index contributed by atoms with van der Waals surface area (Å²) in [7, 11) is -1.12. The van der Waals surface area contributed by atoms with E-state index in [1.54, 1.807) is 0 Å². The minimum absolute atomic E-state index is 0.921. The van der Waals surface area contributed by atoms with Crippen molar-refractivity contribution in [3.63, 3.8) is 0 Å². The molecule has 0 bridgehead atoms. The van der Waals surface area contributed by atoms with E-state index in [0.717, 1.165) is 46.6 Å². The van der Waals surface area contributed by atoms with Gasteiger partial charge < -0.3 is 0 Å². The molecule has 0 heterocycles. The predicted molar refractivity (Wildman–Crippen MR) is 93.8 cm³/mol. The van der Waals surface area contributed by atoms with Gasteiger partial charge in [-0.1, -0.05) is 73.9 Å². The molecule has 0 spiro atoms. The Morgan fingerprint density at radius 1 is 0.800 bits per heavy atom. The van der Waals surface area contributed by atoms with Crippen LogP contribution in [0.1, 0.15) is 60.8 Å². The highest BCUT2D eigenvalue weighted by atomic mass is 28.3. The molecule has 0 radical (unpaired) electrons. The summed E-state index contributed by atoms with van der Waals surface area (Å²) in [6, 6.07) is 0. The van der Waals surface area contributed by atoms with Crippen LogP contribution in [0.2, 0.25) is 24.2 Å². The van der Waals surface area contributed by atoms with Gasteiger partial charge in [0.2, 0.25) is 0 Å². The second kappa shape index (κ2) is 5.78. The Hall–Kier alpha value is 0.217. The normalized spacial score (nSPS) is 47.7. The molecule has 1 heteroatoms.